The van der Waals surface area contributed by atoms with Gasteiger partial charge in [-0.05, 0) is 43.9 Å². The molecule has 2 aliphatic rings. The molecule has 158 valence electrons. The molecule has 4 nitrogen and oxygen atoms in total. The van der Waals surface area contributed by atoms with Crippen molar-refractivity contribution >= 4 is 41.6 Å². The number of rotatable bonds is 3. The van der Waals surface area contributed by atoms with Crippen LogP contribution in [0.3, 0.4) is 0 Å². The molecule has 2 atom stereocenters. The van der Waals surface area contributed by atoms with Crippen molar-refractivity contribution in [3.8, 4) is 11.3 Å². The molecular weight excluding hydrogens is 424 g/mol. The van der Waals surface area contributed by atoms with E-state index in [1.54, 1.807) is 6.07 Å². The van der Waals surface area contributed by atoms with Crippen molar-refractivity contribution in [2.45, 2.75) is 43.8 Å². The number of nitrogens with one attached hydrogen (secondary N) is 2. The minimum atomic E-state index is -0.355. The third-order valence-electron chi connectivity index (χ3n) is 5.89. The van der Waals surface area contributed by atoms with Crippen LogP contribution < -0.4 is 10.6 Å². The topological polar surface area (TPSA) is 54.0 Å². The zero-order valence-electron chi connectivity index (χ0n) is 16.3. The molecule has 5 rings (SSSR count). The predicted octanol–water partition coefficient (Wildman–Crippen LogP) is 4.90. The number of benzene rings is 2. The monoisotopic (exact) mass is 447 g/mol. The Morgan fingerprint density at radius 3 is 2.40 bits per heavy atom. The third kappa shape index (κ3) is 4.43. The lowest BCUT2D eigenvalue weighted by Crippen LogP contribution is -2.48. The van der Waals surface area contributed by atoms with Crippen molar-refractivity contribution in [3.63, 3.8) is 0 Å². The van der Waals surface area contributed by atoms with Gasteiger partial charge in [0.25, 0.3) is 5.91 Å². The number of pyridine rings is 1. The van der Waals surface area contributed by atoms with E-state index >= 15 is 0 Å². The molecule has 1 aromatic heterocycles. The maximum atomic E-state index is 13.8. The van der Waals surface area contributed by atoms with E-state index in [9.17, 15) is 9.18 Å². The number of piperidine rings is 1. The van der Waals surface area contributed by atoms with Gasteiger partial charge in [-0.25, -0.2) is 9.37 Å². The molecule has 0 aliphatic carbocycles. The van der Waals surface area contributed by atoms with E-state index in [0.29, 0.717) is 34.2 Å². The zero-order valence-corrected chi connectivity index (χ0v) is 17.9. The van der Waals surface area contributed by atoms with Crippen molar-refractivity contribution in [3.05, 3.63) is 66.0 Å². The van der Waals surface area contributed by atoms with Gasteiger partial charge in [-0.1, -0.05) is 30.3 Å². The molecule has 2 unspecified atom stereocenters. The van der Waals surface area contributed by atoms with Gasteiger partial charge < -0.3 is 10.6 Å². The van der Waals surface area contributed by atoms with Gasteiger partial charge in [0, 0.05) is 35.1 Å². The van der Waals surface area contributed by atoms with Gasteiger partial charge in [-0.2, -0.15) is 0 Å². The molecule has 2 N–H and O–H groups in total. The number of aromatic nitrogens is 1. The van der Waals surface area contributed by atoms with E-state index in [2.05, 4.69) is 15.6 Å². The highest BCUT2D eigenvalue weighted by atomic mass is 35.5. The summed E-state index contributed by atoms with van der Waals surface area (Å²) in [6, 6.07) is 17.1. The number of nitrogens with zero attached hydrogens (tertiary/aromatic N) is 1. The lowest BCUT2D eigenvalue weighted by molar-refractivity contribution is 0.0925. The van der Waals surface area contributed by atoms with Gasteiger partial charge in [-0.3, -0.25) is 4.79 Å². The van der Waals surface area contributed by atoms with Gasteiger partial charge in [0.05, 0.1) is 16.8 Å². The lowest BCUT2D eigenvalue weighted by atomic mass is 9.98. The van der Waals surface area contributed by atoms with Gasteiger partial charge >= 0.3 is 0 Å². The van der Waals surface area contributed by atoms with Crippen LogP contribution in [0.1, 0.15) is 36.0 Å². The van der Waals surface area contributed by atoms with Crippen LogP contribution in [-0.2, 0) is 0 Å². The van der Waals surface area contributed by atoms with E-state index in [1.165, 1.54) is 25.0 Å². The zero-order chi connectivity index (χ0) is 19.1. The van der Waals surface area contributed by atoms with Crippen LogP contribution in [0.4, 0.5) is 4.39 Å². The second-order valence-electron chi connectivity index (χ2n) is 7.86. The first kappa shape index (κ1) is 22.5. The molecule has 0 saturated carbocycles. The lowest BCUT2D eigenvalue weighted by Gasteiger charge is -2.29. The van der Waals surface area contributed by atoms with Gasteiger partial charge in [-0.15, -0.1) is 24.8 Å². The quantitative estimate of drug-likeness (QED) is 0.600. The van der Waals surface area contributed by atoms with Crippen molar-refractivity contribution in [2.75, 3.05) is 0 Å². The molecule has 0 radical (unpaired) electrons. The summed E-state index contributed by atoms with van der Waals surface area (Å²) in [5, 5.41) is 7.49. The summed E-state index contributed by atoms with van der Waals surface area (Å²) < 4.78 is 13.8. The second kappa shape index (κ2) is 9.29. The van der Waals surface area contributed by atoms with Crippen LogP contribution in [-0.4, -0.2) is 29.0 Å². The molecule has 3 heterocycles. The average molecular weight is 448 g/mol. The number of carbonyl (C=O) groups excluding carboxylic acids is 1. The van der Waals surface area contributed by atoms with E-state index < -0.39 is 0 Å². The molecule has 2 saturated heterocycles. The summed E-state index contributed by atoms with van der Waals surface area (Å²) in [5.41, 5.74) is 2.63. The molecular formula is C23H24Cl2FN3O. The number of carbonyl (C=O) groups is 1. The summed E-state index contributed by atoms with van der Waals surface area (Å²) in [4.78, 5) is 17.8. The fraction of sp³-hybridized carbons (Fsp3) is 0.304. The van der Waals surface area contributed by atoms with E-state index in [0.717, 1.165) is 18.4 Å². The number of halogens is 3. The first-order valence-corrected chi connectivity index (χ1v) is 9.88. The minimum Gasteiger partial charge on any atom is -0.349 e. The smallest absolute Gasteiger partial charge is 0.252 e. The van der Waals surface area contributed by atoms with Crippen LogP contribution in [0, 0.1) is 5.82 Å². The van der Waals surface area contributed by atoms with Gasteiger partial charge in [0.1, 0.15) is 5.82 Å². The molecule has 2 fully saturated rings. The van der Waals surface area contributed by atoms with Gasteiger partial charge in [0.15, 0.2) is 0 Å². The Morgan fingerprint density at radius 1 is 1.00 bits per heavy atom. The molecule has 3 aromatic rings. The van der Waals surface area contributed by atoms with Crippen LogP contribution >= 0.6 is 24.8 Å². The third-order valence-corrected chi connectivity index (χ3v) is 5.89. The van der Waals surface area contributed by atoms with E-state index in [4.69, 9.17) is 0 Å². The van der Waals surface area contributed by atoms with Crippen LogP contribution in [0.25, 0.3) is 22.2 Å². The SMILES string of the molecule is Cl.Cl.O=C(NC1CC2CCC(C1)N2)c1cc(-c2ccccc2)nc2cc(F)ccc12. The molecule has 1 amide bonds. The summed E-state index contributed by atoms with van der Waals surface area (Å²) in [6.07, 6.45) is 4.30. The Morgan fingerprint density at radius 2 is 1.70 bits per heavy atom. The maximum Gasteiger partial charge on any atom is 0.252 e. The maximum absolute atomic E-state index is 13.8. The Labute approximate surface area is 187 Å². The number of hydrogen-bond acceptors (Lipinski definition) is 3. The summed E-state index contributed by atoms with van der Waals surface area (Å²) in [6.45, 7) is 0. The first-order valence-electron chi connectivity index (χ1n) is 9.88. The number of fused-ring (bicyclic) bond motifs is 3. The molecule has 2 bridgehead atoms. The fourth-order valence-corrected chi connectivity index (χ4v) is 4.58. The Bertz CT molecular complexity index is 1040. The Hall–Kier alpha value is -2.21. The average Bonchev–Trinajstić information content (AvgIpc) is 3.05. The number of amides is 1. The predicted molar refractivity (Wildman–Crippen MR) is 122 cm³/mol. The summed E-state index contributed by atoms with van der Waals surface area (Å²) in [7, 11) is 0. The van der Waals surface area contributed by atoms with Crippen LogP contribution in [0.15, 0.2) is 54.6 Å². The highest BCUT2D eigenvalue weighted by Crippen LogP contribution is 2.29. The molecule has 2 aliphatic heterocycles. The van der Waals surface area contributed by atoms with Crippen LogP contribution in [0.2, 0.25) is 0 Å². The standard InChI is InChI=1S/C23H22FN3O.2ClH/c24-15-6-9-19-20(23(28)26-18-11-16-7-8-17(12-18)25-16)13-21(27-22(19)10-15)14-4-2-1-3-5-14;;/h1-6,9-10,13,16-18,25H,7-8,11-12H2,(H,26,28);2*1H. The highest BCUT2D eigenvalue weighted by molar-refractivity contribution is 6.07. The van der Waals surface area contributed by atoms with E-state index in [-0.39, 0.29) is 42.6 Å². The summed E-state index contributed by atoms with van der Waals surface area (Å²) in [5.74, 6) is -0.464. The molecule has 0 spiro atoms. The highest BCUT2D eigenvalue weighted by Gasteiger charge is 2.34. The van der Waals surface area contributed by atoms with Crippen molar-refractivity contribution in [2.24, 2.45) is 0 Å². The second-order valence-corrected chi connectivity index (χ2v) is 7.86. The Balaban J connectivity index is 0.00000128. The molecule has 2 aromatic carbocycles. The van der Waals surface area contributed by atoms with Crippen molar-refractivity contribution in [1.29, 1.82) is 0 Å². The van der Waals surface area contributed by atoms with Crippen LogP contribution in [0.5, 0.6) is 0 Å². The molecule has 7 heteroatoms. The first-order chi connectivity index (χ1) is 13.7. The Kier molecular flexibility index (Phi) is 6.96. The van der Waals surface area contributed by atoms with E-state index in [1.807, 2.05) is 36.4 Å². The van der Waals surface area contributed by atoms with Gasteiger partial charge in [0.2, 0.25) is 0 Å². The van der Waals surface area contributed by atoms with Crippen molar-refractivity contribution < 1.29 is 9.18 Å². The summed E-state index contributed by atoms with van der Waals surface area (Å²) >= 11 is 0. The minimum absolute atomic E-state index is 0. The normalized spacial score (nSPS) is 22.1. The fourth-order valence-electron chi connectivity index (χ4n) is 4.58. The van der Waals surface area contributed by atoms with Crippen molar-refractivity contribution in [1.82, 2.24) is 15.6 Å². The molecule has 30 heavy (non-hydrogen) atoms. The largest absolute Gasteiger partial charge is 0.349 e. The number of hydrogen-bond donors (Lipinski definition) is 2.